The highest BCUT2D eigenvalue weighted by Gasteiger charge is 2.17. The topological polar surface area (TPSA) is 15.3 Å². The normalized spacial score (nSPS) is 22.3. The summed E-state index contributed by atoms with van der Waals surface area (Å²) in [5, 5.41) is 3.39. The molecule has 1 fully saturated rings. The van der Waals surface area contributed by atoms with Gasteiger partial charge in [-0.05, 0) is 19.4 Å². The average molecular weight is 222 g/mol. The van der Waals surface area contributed by atoms with Gasteiger partial charge in [-0.3, -0.25) is 4.90 Å². The third-order valence-corrected chi connectivity index (χ3v) is 3.12. The van der Waals surface area contributed by atoms with E-state index < -0.39 is 0 Å². The second-order valence-corrected chi connectivity index (χ2v) is 4.64. The summed E-state index contributed by atoms with van der Waals surface area (Å²) in [5.41, 5.74) is 1.55. The average Bonchev–Trinajstić information content (AvgIpc) is 2.25. The Morgan fingerprint density at radius 3 is 3.06 bits per heavy atom. The van der Waals surface area contributed by atoms with Crippen LogP contribution in [-0.2, 0) is 6.54 Å². The molecule has 0 radical (unpaired) electrons. The molecule has 0 aliphatic carbocycles. The molecule has 16 heavy (non-hydrogen) atoms. The van der Waals surface area contributed by atoms with Gasteiger partial charge in [0.05, 0.1) is 0 Å². The van der Waals surface area contributed by atoms with Crippen LogP contribution in [0.3, 0.4) is 0 Å². The van der Waals surface area contributed by atoms with E-state index in [-0.39, 0.29) is 5.82 Å². The Morgan fingerprint density at radius 2 is 2.31 bits per heavy atom. The highest BCUT2D eigenvalue weighted by atomic mass is 19.1. The number of piperazine rings is 1. The molecule has 1 heterocycles. The Morgan fingerprint density at radius 1 is 1.50 bits per heavy atom. The number of benzene rings is 1. The molecular formula is C13H19FN2. The van der Waals surface area contributed by atoms with Gasteiger partial charge in [-0.25, -0.2) is 4.39 Å². The van der Waals surface area contributed by atoms with Crippen LogP contribution in [0.5, 0.6) is 0 Å². The maximum atomic E-state index is 13.8. The van der Waals surface area contributed by atoms with Crippen molar-refractivity contribution >= 4 is 0 Å². The van der Waals surface area contributed by atoms with Crippen molar-refractivity contribution in [3.05, 3.63) is 35.1 Å². The second kappa shape index (κ2) is 4.93. The SMILES string of the molecule is Cc1cccc(CN2CCN[C@H](C)C2)c1F. The minimum absolute atomic E-state index is 0.0475. The van der Waals surface area contributed by atoms with E-state index in [1.165, 1.54) is 0 Å². The molecule has 1 aromatic carbocycles. The van der Waals surface area contributed by atoms with E-state index in [0.717, 1.165) is 37.3 Å². The second-order valence-electron chi connectivity index (χ2n) is 4.64. The van der Waals surface area contributed by atoms with Crippen LogP contribution in [0.15, 0.2) is 18.2 Å². The Labute approximate surface area is 96.5 Å². The van der Waals surface area contributed by atoms with Crippen LogP contribution >= 0.6 is 0 Å². The molecule has 0 saturated carbocycles. The molecule has 0 aromatic heterocycles. The number of halogens is 1. The molecule has 0 bridgehead atoms. The van der Waals surface area contributed by atoms with E-state index in [0.29, 0.717) is 6.04 Å². The van der Waals surface area contributed by atoms with Crippen LogP contribution in [0.4, 0.5) is 4.39 Å². The molecule has 1 aliphatic rings. The first kappa shape index (κ1) is 11.6. The van der Waals surface area contributed by atoms with Gasteiger partial charge < -0.3 is 5.32 Å². The van der Waals surface area contributed by atoms with Crippen LogP contribution in [0.2, 0.25) is 0 Å². The molecule has 1 aromatic rings. The van der Waals surface area contributed by atoms with Crippen molar-refractivity contribution in [2.24, 2.45) is 0 Å². The lowest BCUT2D eigenvalue weighted by atomic mass is 10.1. The number of rotatable bonds is 2. The molecule has 88 valence electrons. The summed E-state index contributed by atoms with van der Waals surface area (Å²) >= 11 is 0. The van der Waals surface area contributed by atoms with Crippen molar-refractivity contribution in [1.29, 1.82) is 0 Å². The predicted molar refractivity (Wildman–Crippen MR) is 63.9 cm³/mol. The maximum absolute atomic E-state index is 13.8. The van der Waals surface area contributed by atoms with Gasteiger partial charge in [0.15, 0.2) is 0 Å². The summed E-state index contributed by atoms with van der Waals surface area (Å²) in [4.78, 5) is 2.30. The predicted octanol–water partition coefficient (Wildman–Crippen LogP) is 1.93. The third-order valence-electron chi connectivity index (χ3n) is 3.12. The molecule has 0 unspecified atom stereocenters. The summed E-state index contributed by atoms with van der Waals surface area (Å²) in [6.45, 7) is 7.69. The summed E-state index contributed by atoms with van der Waals surface area (Å²) in [6, 6.07) is 6.13. The summed E-state index contributed by atoms with van der Waals surface area (Å²) in [6.07, 6.45) is 0. The lowest BCUT2D eigenvalue weighted by Crippen LogP contribution is -2.48. The van der Waals surface area contributed by atoms with Gasteiger partial charge in [-0.2, -0.15) is 0 Å². The van der Waals surface area contributed by atoms with E-state index >= 15 is 0 Å². The van der Waals surface area contributed by atoms with E-state index in [1.807, 2.05) is 25.1 Å². The highest BCUT2D eigenvalue weighted by molar-refractivity contribution is 5.24. The van der Waals surface area contributed by atoms with E-state index in [2.05, 4.69) is 17.1 Å². The Balaban J connectivity index is 2.05. The number of aryl methyl sites for hydroxylation is 1. The van der Waals surface area contributed by atoms with Crippen molar-refractivity contribution < 1.29 is 4.39 Å². The minimum atomic E-state index is -0.0475. The van der Waals surface area contributed by atoms with Crippen LogP contribution in [0, 0.1) is 12.7 Å². The summed E-state index contributed by atoms with van der Waals surface area (Å²) in [7, 11) is 0. The quantitative estimate of drug-likeness (QED) is 0.822. The molecule has 0 amide bonds. The maximum Gasteiger partial charge on any atom is 0.130 e. The van der Waals surface area contributed by atoms with Crippen LogP contribution in [0.1, 0.15) is 18.1 Å². The van der Waals surface area contributed by atoms with E-state index in [4.69, 9.17) is 0 Å². The first-order chi connectivity index (χ1) is 7.66. The Bertz CT molecular complexity index is 365. The van der Waals surface area contributed by atoms with Crippen molar-refractivity contribution in [2.45, 2.75) is 26.4 Å². The number of nitrogens with one attached hydrogen (secondary N) is 1. The first-order valence-corrected chi connectivity index (χ1v) is 5.86. The lowest BCUT2D eigenvalue weighted by Gasteiger charge is -2.31. The molecule has 1 aliphatic heterocycles. The monoisotopic (exact) mass is 222 g/mol. The molecule has 3 heteroatoms. The molecule has 2 rings (SSSR count). The van der Waals surface area contributed by atoms with Gasteiger partial charge >= 0.3 is 0 Å². The zero-order valence-corrected chi connectivity index (χ0v) is 9.96. The molecular weight excluding hydrogens is 203 g/mol. The third kappa shape index (κ3) is 2.60. The zero-order valence-electron chi connectivity index (χ0n) is 9.96. The molecule has 1 saturated heterocycles. The molecule has 1 N–H and O–H groups in total. The highest BCUT2D eigenvalue weighted by Crippen LogP contribution is 2.14. The Kier molecular flexibility index (Phi) is 3.56. The van der Waals surface area contributed by atoms with Crippen molar-refractivity contribution in [3.8, 4) is 0 Å². The fourth-order valence-corrected chi connectivity index (χ4v) is 2.23. The standard InChI is InChI=1S/C13H19FN2/c1-10-4-3-5-12(13(10)14)9-16-7-6-15-11(2)8-16/h3-5,11,15H,6-9H2,1-2H3/t11-/m1/s1. The van der Waals surface area contributed by atoms with Gasteiger partial charge in [0.25, 0.3) is 0 Å². The van der Waals surface area contributed by atoms with Crippen molar-refractivity contribution in [1.82, 2.24) is 10.2 Å². The van der Waals surface area contributed by atoms with Crippen molar-refractivity contribution in [2.75, 3.05) is 19.6 Å². The molecule has 1 atom stereocenters. The van der Waals surface area contributed by atoms with Crippen LogP contribution in [-0.4, -0.2) is 30.6 Å². The fraction of sp³-hybridized carbons (Fsp3) is 0.538. The van der Waals surface area contributed by atoms with Gasteiger partial charge in [0.1, 0.15) is 5.82 Å². The van der Waals surface area contributed by atoms with Gasteiger partial charge in [-0.15, -0.1) is 0 Å². The van der Waals surface area contributed by atoms with Gasteiger partial charge in [0.2, 0.25) is 0 Å². The van der Waals surface area contributed by atoms with Gasteiger partial charge in [-0.1, -0.05) is 18.2 Å². The lowest BCUT2D eigenvalue weighted by molar-refractivity contribution is 0.197. The largest absolute Gasteiger partial charge is 0.312 e. The molecule has 2 nitrogen and oxygen atoms in total. The zero-order chi connectivity index (χ0) is 11.5. The molecule has 0 spiro atoms. The number of nitrogens with zero attached hydrogens (tertiary/aromatic N) is 1. The summed E-state index contributed by atoms with van der Waals surface area (Å²) < 4.78 is 13.8. The summed E-state index contributed by atoms with van der Waals surface area (Å²) in [5.74, 6) is -0.0475. The number of hydrogen-bond acceptors (Lipinski definition) is 2. The van der Waals surface area contributed by atoms with Crippen LogP contribution in [0.25, 0.3) is 0 Å². The first-order valence-electron chi connectivity index (χ1n) is 5.86. The van der Waals surface area contributed by atoms with E-state index in [9.17, 15) is 4.39 Å². The van der Waals surface area contributed by atoms with E-state index in [1.54, 1.807) is 0 Å². The Hall–Kier alpha value is -0.930. The number of hydrogen-bond donors (Lipinski definition) is 1. The minimum Gasteiger partial charge on any atom is -0.312 e. The van der Waals surface area contributed by atoms with Crippen molar-refractivity contribution in [3.63, 3.8) is 0 Å². The van der Waals surface area contributed by atoms with Crippen LogP contribution < -0.4 is 5.32 Å². The smallest absolute Gasteiger partial charge is 0.130 e. The van der Waals surface area contributed by atoms with Gasteiger partial charge in [0, 0.05) is 37.8 Å². The fourth-order valence-electron chi connectivity index (χ4n) is 2.23.